The third kappa shape index (κ3) is 2.62. The topological polar surface area (TPSA) is 58.7 Å². The van der Waals surface area contributed by atoms with Crippen LogP contribution < -0.4 is 0 Å². The number of carbonyl (C=O) groups excluding carboxylic acids is 1. The number of rotatable bonds is 3. The number of nitrogens with zero attached hydrogens (tertiary/aromatic N) is 3. The molecular formula is C13H9Cl2N3O. The Morgan fingerprint density at radius 2 is 2.05 bits per heavy atom. The Bertz CT molecular complexity index is 653. The van der Waals surface area contributed by atoms with Crippen molar-refractivity contribution in [1.82, 2.24) is 9.78 Å². The van der Waals surface area contributed by atoms with Crippen LogP contribution in [0.5, 0.6) is 0 Å². The van der Waals surface area contributed by atoms with Gasteiger partial charge in [-0.15, -0.1) is 0 Å². The van der Waals surface area contributed by atoms with Gasteiger partial charge in [-0.05, 0) is 12.1 Å². The molecule has 0 aliphatic heterocycles. The maximum Gasteiger partial charge on any atom is 0.187 e. The van der Waals surface area contributed by atoms with Gasteiger partial charge < -0.3 is 0 Å². The number of hydrogen-bond acceptors (Lipinski definition) is 3. The molecule has 0 aliphatic rings. The van der Waals surface area contributed by atoms with Crippen LogP contribution in [-0.4, -0.2) is 15.6 Å². The highest BCUT2D eigenvalue weighted by atomic mass is 35.5. The summed E-state index contributed by atoms with van der Waals surface area (Å²) in [7, 11) is 1.70. The van der Waals surface area contributed by atoms with Gasteiger partial charge in [0, 0.05) is 28.9 Å². The van der Waals surface area contributed by atoms with Gasteiger partial charge in [-0.2, -0.15) is 10.4 Å². The first-order valence-electron chi connectivity index (χ1n) is 5.41. The highest BCUT2D eigenvalue weighted by Crippen LogP contribution is 2.33. The molecule has 1 unspecified atom stereocenters. The summed E-state index contributed by atoms with van der Waals surface area (Å²) in [6.45, 7) is 0. The van der Waals surface area contributed by atoms with E-state index in [0.717, 1.165) is 0 Å². The molecule has 0 N–H and O–H groups in total. The number of ketones is 1. The number of benzene rings is 1. The van der Waals surface area contributed by atoms with Gasteiger partial charge in [-0.25, -0.2) is 0 Å². The van der Waals surface area contributed by atoms with E-state index in [9.17, 15) is 10.1 Å². The molecule has 4 nitrogen and oxygen atoms in total. The number of halogens is 2. The van der Waals surface area contributed by atoms with Gasteiger partial charge in [-0.3, -0.25) is 9.48 Å². The Kier molecular flexibility index (Phi) is 3.89. The Labute approximate surface area is 120 Å². The normalized spacial score (nSPS) is 11.9. The molecule has 2 aromatic rings. The summed E-state index contributed by atoms with van der Waals surface area (Å²) in [6, 6.07) is 6.82. The second-order valence-electron chi connectivity index (χ2n) is 3.96. The summed E-state index contributed by atoms with van der Waals surface area (Å²) in [5.41, 5.74) is 0.687. The van der Waals surface area contributed by atoms with Crippen LogP contribution in [0.15, 0.2) is 30.6 Å². The number of carbonyl (C=O) groups is 1. The third-order valence-corrected chi connectivity index (χ3v) is 3.33. The van der Waals surface area contributed by atoms with Crippen LogP contribution in [0.2, 0.25) is 10.0 Å². The average molecular weight is 294 g/mol. The van der Waals surface area contributed by atoms with Gasteiger partial charge in [0.15, 0.2) is 5.78 Å². The van der Waals surface area contributed by atoms with Crippen LogP contribution in [0.1, 0.15) is 21.8 Å². The van der Waals surface area contributed by atoms with Gasteiger partial charge >= 0.3 is 0 Å². The van der Waals surface area contributed by atoms with Gasteiger partial charge in [0.1, 0.15) is 5.92 Å². The predicted octanol–water partition coefficient (Wildman–Crippen LogP) is 3.22. The van der Waals surface area contributed by atoms with Crippen LogP contribution in [0.3, 0.4) is 0 Å². The van der Waals surface area contributed by atoms with Crippen molar-refractivity contribution in [2.45, 2.75) is 5.92 Å². The average Bonchev–Trinajstić information content (AvgIpc) is 2.80. The maximum atomic E-state index is 12.3. The minimum absolute atomic E-state index is 0.302. The first kappa shape index (κ1) is 13.6. The molecule has 0 amide bonds. The zero-order chi connectivity index (χ0) is 14.0. The van der Waals surface area contributed by atoms with Crippen LogP contribution in [-0.2, 0) is 7.05 Å². The lowest BCUT2D eigenvalue weighted by atomic mass is 9.93. The van der Waals surface area contributed by atoms with Crippen molar-refractivity contribution in [3.8, 4) is 6.07 Å². The summed E-state index contributed by atoms with van der Waals surface area (Å²) in [6.07, 6.45) is 2.97. The Morgan fingerprint density at radius 1 is 1.42 bits per heavy atom. The molecule has 6 heteroatoms. The first-order chi connectivity index (χ1) is 9.04. The van der Waals surface area contributed by atoms with Gasteiger partial charge in [0.2, 0.25) is 0 Å². The molecule has 0 saturated heterocycles. The van der Waals surface area contributed by atoms with Crippen molar-refractivity contribution in [2.75, 3.05) is 0 Å². The van der Waals surface area contributed by atoms with E-state index < -0.39 is 5.92 Å². The number of nitriles is 1. The predicted molar refractivity (Wildman–Crippen MR) is 72.4 cm³/mol. The van der Waals surface area contributed by atoms with Gasteiger partial charge in [0.25, 0.3) is 0 Å². The molecule has 0 bridgehead atoms. The summed E-state index contributed by atoms with van der Waals surface area (Å²) >= 11 is 12.1. The van der Waals surface area contributed by atoms with Crippen LogP contribution in [0, 0.1) is 11.3 Å². The van der Waals surface area contributed by atoms with Crippen LogP contribution >= 0.6 is 23.2 Å². The SMILES string of the molecule is Cn1cc(C(=O)C(C#N)c2c(Cl)cccc2Cl)cn1. The Morgan fingerprint density at radius 3 is 2.53 bits per heavy atom. The van der Waals surface area contributed by atoms with E-state index in [1.807, 2.05) is 6.07 Å². The van der Waals surface area contributed by atoms with E-state index in [2.05, 4.69) is 5.10 Å². The smallest absolute Gasteiger partial charge is 0.187 e. The number of Topliss-reactive ketones (excluding diaryl/α,β-unsaturated/α-hetero) is 1. The molecule has 0 aliphatic carbocycles. The van der Waals surface area contributed by atoms with E-state index >= 15 is 0 Å². The zero-order valence-corrected chi connectivity index (χ0v) is 11.5. The molecule has 2 rings (SSSR count). The molecule has 0 saturated carbocycles. The highest BCUT2D eigenvalue weighted by molar-refractivity contribution is 6.36. The lowest BCUT2D eigenvalue weighted by Crippen LogP contribution is -2.11. The van der Waals surface area contributed by atoms with Crippen molar-refractivity contribution >= 4 is 29.0 Å². The molecule has 0 spiro atoms. The molecule has 1 atom stereocenters. The first-order valence-corrected chi connectivity index (χ1v) is 6.16. The monoisotopic (exact) mass is 293 g/mol. The highest BCUT2D eigenvalue weighted by Gasteiger charge is 2.27. The molecule has 19 heavy (non-hydrogen) atoms. The van der Waals surface area contributed by atoms with Crippen LogP contribution in [0.25, 0.3) is 0 Å². The summed E-state index contributed by atoms with van der Waals surface area (Å²) in [5, 5.41) is 13.8. The lowest BCUT2D eigenvalue weighted by molar-refractivity contribution is 0.0979. The van der Waals surface area contributed by atoms with Crippen molar-refractivity contribution in [3.63, 3.8) is 0 Å². The summed E-state index contributed by atoms with van der Waals surface area (Å²) in [4.78, 5) is 12.3. The summed E-state index contributed by atoms with van der Waals surface area (Å²) < 4.78 is 1.50. The minimum Gasteiger partial charge on any atom is -0.292 e. The van der Waals surface area contributed by atoms with E-state index in [-0.39, 0.29) is 5.78 Å². The van der Waals surface area contributed by atoms with Crippen molar-refractivity contribution in [3.05, 3.63) is 51.8 Å². The van der Waals surface area contributed by atoms with E-state index in [1.54, 1.807) is 31.4 Å². The summed E-state index contributed by atoms with van der Waals surface area (Å²) in [5.74, 6) is -1.41. The second-order valence-corrected chi connectivity index (χ2v) is 4.78. The van der Waals surface area contributed by atoms with Gasteiger partial charge in [0.05, 0.1) is 17.8 Å². The molecular weight excluding hydrogens is 285 g/mol. The number of aromatic nitrogens is 2. The fourth-order valence-electron chi connectivity index (χ4n) is 1.76. The molecule has 1 aromatic heterocycles. The Balaban J connectivity index is 2.47. The minimum atomic E-state index is -1.04. The van der Waals surface area contributed by atoms with E-state index in [1.165, 1.54) is 10.9 Å². The number of hydrogen-bond donors (Lipinski definition) is 0. The van der Waals surface area contributed by atoms with Crippen molar-refractivity contribution < 1.29 is 4.79 Å². The molecule has 0 fully saturated rings. The zero-order valence-electron chi connectivity index (χ0n) is 9.97. The number of aryl methyl sites for hydroxylation is 1. The standard InChI is InChI=1S/C13H9Cl2N3O/c1-18-7-8(6-17-18)13(19)9(5-16)12-10(14)3-2-4-11(12)15/h2-4,6-7,9H,1H3. The fraction of sp³-hybridized carbons (Fsp3) is 0.154. The molecule has 96 valence electrons. The van der Waals surface area contributed by atoms with Crippen LogP contribution in [0.4, 0.5) is 0 Å². The maximum absolute atomic E-state index is 12.3. The van der Waals surface area contributed by atoms with Crippen molar-refractivity contribution in [1.29, 1.82) is 5.26 Å². The van der Waals surface area contributed by atoms with Gasteiger partial charge in [-0.1, -0.05) is 29.3 Å². The lowest BCUT2D eigenvalue weighted by Gasteiger charge is -2.11. The van der Waals surface area contributed by atoms with E-state index in [4.69, 9.17) is 23.2 Å². The molecule has 0 radical (unpaired) electrons. The largest absolute Gasteiger partial charge is 0.292 e. The Hall–Kier alpha value is -1.83. The van der Waals surface area contributed by atoms with Crippen molar-refractivity contribution in [2.24, 2.45) is 7.05 Å². The third-order valence-electron chi connectivity index (χ3n) is 2.67. The fourth-order valence-corrected chi connectivity index (χ4v) is 2.37. The second kappa shape index (κ2) is 5.43. The molecule has 1 heterocycles. The van der Waals surface area contributed by atoms with E-state index in [0.29, 0.717) is 21.2 Å². The quantitative estimate of drug-likeness (QED) is 0.817. The molecule has 1 aromatic carbocycles.